The monoisotopic (exact) mass is 355 g/mol. The van der Waals surface area contributed by atoms with E-state index in [4.69, 9.17) is 10.5 Å². The number of rotatable bonds is 7. The molecule has 1 fully saturated rings. The number of nitrogens with two attached hydrogens (primary N) is 1. The lowest BCUT2D eigenvalue weighted by Crippen LogP contribution is -2.54. The predicted octanol–water partition coefficient (Wildman–Crippen LogP) is -2.24. The number of aliphatic hydroxyl groups excluding tert-OH is 2. The maximum Gasteiger partial charge on any atom is 0.243 e. The Morgan fingerprint density at radius 2 is 2.20 bits per heavy atom. The Morgan fingerprint density at radius 3 is 2.84 bits per heavy atom. The van der Waals surface area contributed by atoms with Crippen LogP contribution >= 0.6 is 0 Å². The highest BCUT2D eigenvalue weighted by atomic mass is 16.6. The normalized spacial score (nSPS) is 25.8. The third-order valence-corrected chi connectivity index (χ3v) is 3.97. The van der Waals surface area contributed by atoms with E-state index in [0.29, 0.717) is 18.5 Å². The minimum Gasteiger partial charge on any atom is -0.390 e. The number of carbonyl (C=O) groups excluding carboxylic acids is 2. The lowest BCUT2D eigenvalue weighted by molar-refractivity contribution is -0.197. The van der Waals surface area contributed by atoms with Crippen molar-refractivity contribution in [3.8, 4) is 0 Å². The summed E-state index contributed by atoms with van der Waals surface area (Å²) in [5.41, 5.74) is 6.21. The standard InChI is InChI=1S/C15H25N5O5/c1-8(16)14(23)20-10(4-9-5-17-7-19-9)15(24)18-6-12-11(21)2-3-13(22)25-12/h5,7-8,10-13,21-22H,2-4,6,16H2,1H3,(H,17,19)(H,18,24)(H,20,23)/t8?,10?,11-,12?,13-/m0/s1. The molecule has 1 aliphatic heterocycles. The van der Waals surface area contributed by atoms with E-state index in [1.165, 1.54) is 13.3 Å². The molecule has 0 aromatic carbocycles. The number of nitrogens with zero attached hydrogens (tertiary/aromatic N) is 1. The van der Waals surface area contributed by atoms with Crippen LogP contribution in [0.25, 0.3) is 0 Å². The van der Waals surface area contributed by atoms with Crippen molar-refractivity contribution in [2.75, 3.05) is 6.54 Å². The van der Waals surface area contributed by atoms with Crippen LogP contribution in [0.4, 0.5) is 0 Å². The number of aliphatic hydroxyl groups is 2. The number of nitrogens with one attached hydrogen (secondary N) is 3. The number of H-pyrrole nitrogens is 1. The Labute approximate surface area is 145 Å². The predicted molar refractivity (Wildman–Crippen MR) is 87.0 cm³/mol. The van der Waals surface area contributed by atoms with Crippen LogP contribution < -0.4 is 16.4 Å². The lowest BCUT2D eigenvalue weighted by atomic mass is 10.0. The highest BCUT2D eigenvalue weighted by molar-refractivity contribution is 5.89. The molecule has 0 radical (unpaired) electrons. The molecular formula is C15H25N5O5. The zero-order valence-corrected chi connectivity index (χ0v) is 14.0. The van der Waals surface area contributed by atoms with Gasteiger partial charge in [0.05, 0.1) is 18.5 Å². The molecule has 7 N–H and O–H groups in total. The molecular weight excluding hydrogens is 330 g/mol. The molecule has 5 atom stereocenters. The average Bonchev–Trinajstić information content (AvgIpc) is 3.07. The maximum atomic E-state index is 12.5. The third-order valence-electron chi connectivity index (χ3n) is 3.97. The highest BCUT2D eigenvalue weighted by Gasteiger charge is 2.30. The van der Waals surface area contributed by atoms with Gasteiger partial charge in [-0.3, -0.25) is 9.59 Å². The van der Waals surface area contributed by atoms with E-state index < -0.39 is 42.4 Å². The molecule has 1 aromatic rings. The van der Waals surface area contributed by atoms with Crippen LogP contribution in [0.2, 0.25) is 0 Å². The quantitative estimate of drug-likeness (QED) is 0.322. The number of ether oxygens (including phenoxy) is 1. The van der Waals surface area contributed by atoms with Crippen molar-refractivity contribution in [1.82, 2.24) is 20.6 Å². The first kappa shape index (κ1) is 19.3. The van der Waals surface area contributed by atoms with Crippen LogP contribution in [0.1, 0.15) is 25.5 Å². The van der Waals surface area contributed by atoms with Gasteiger partial charge in [0, 0.05) is 31.3 Å². The van der Waals surface area contributed by atoms with Gasteiger partial charge in [-0.1, -0.05) is 0 Å². The molecule has 2 rings (SSSR count). The Hall–Kier alpha value is -2.01. The first-order valence-corrected chi connectivity index (χ1v) is 8.19. The maximum absolute atomic E-state index is 12.5. The van der Waals surface area contributed by atoms with Gasteiger partial charge in [0.15, 0.2) is 6.29 Å². The molecule has 25 heavy (non-hydrogen) atoms. The fraction of sp³-hybridized carbons (Fsp3) is 0.667. The van der Waals surface area contributed by atoms with Crippen molar-refractivity contribution in [3.05, 3.63) is 18.2 Å². The van der Waals surface area contributed by atoms with Crippen LogP contribution in [0.3, 0.4) is 0 Å². The van der Waals surface area contributed by atoms with E-state index >= 15 is 0 Å². The lowest BCUT2D eigenvalue weighted by Gasteiger charge is -2.31. The van der Waals surface area contributed by atoms with Crippen molar-refractivity contribution in [2.24, 2.45) is 5.73 Å². The number of aromatic nitrogens is 2. The summed E-state index contributed by atoms with van der Waals surface area (Å²) < 4.78 is 5.22. The van der Waals surface area contributed by atoms with Gasteiger partial charge in [-0.05, 0) is 13.3 Å². The van der Waals surface area contributed by atoms with Crippen LogP contribution in [-0.2, 0) is 20.7 Å². The van der Waals surface area contributed by atoms with Crippen molar-refractivity contribution < 1.29 is 24.5 Å². The summed E-state index contributed by atoms with van der Waals surface area (Å²) in [4.78, 5) is 31.1. The minimum atomic E-state index is -0.955. The largest absolute Gasteiger partial charge is 0.390 e. The summed E-state index contributed by atoms with van der Waals surface area (Å²) in [6.07, 6.45) is 1.55. The molecule has 1 aromatic heterocycles. The molecule has 2 heterocycles. The molecule has 0 aliphatic carbocycles. The molecule has 0 spiro atoms. The number of hydrogen-bond donors (Lipinski definition) is 6. The van der Waals surface area contributed by atoms with Crippen LogP contribution in [-0.4, -0.2) is 69.1 Å². The average molecular weight is 355 g/mol. The third kappa shape index (κ3) is 5.78. The molecule has 1 aliphatic rings. The number of amides is 2. The highest BCUT2D eigenvalue weighted by Crippen LogP contribution is 2.17. The zero-order chi connectivity index (χ0) is 18.4. The summed E-state index contributed by atoms with van der Waals surface area (Å²) in [7, 11) is 0. The first-order valence-electron chi connectivity index (χ1n) is 8.19. The van der Waals surface area contributed by atoms with E-state index in [0.717, 1.165) is 0 Å². The number of aromatic amines is 1. The van der Waals surface area contributed by atoms with Crippen LogP contribution in [0.15, 0.2) is 12.5 Å². The molecule has 1 saturated heterocycles. The fourth-order valence-corrected chi connectivity index (χ4v) is 2.50. The summed E-state index contributed by atoms with van der Waals surface area (Å²) in [6.45, 7) is 1.54. The Kier molecular flexibility index (Phi) is 6.88. The molecule has 0 bridgehead atoms. The van der Waals surface area contributed by atoms with E-state index in [-0.39, 0.29) is 13.0 Å². The van der Waals surface area contributed by atoms with Gasteiger partial charge in [-0.25, -0.2) is 4.98 Å². The van der Waals surface area contributed by atoms with Crippen molar-refractivity contribution in [3.63, 3.8) is 0 Å². The van der Waals surface area contributed by atoms with Crippen molar-refractivity contribution in [1.29, 1.82) is 0 Å². The molecule has 3 unspecified atom stereocenters. The Morgan fingerprint density at radius 1 is 1.44 bits per heavy atom. The second kappa shape index (κ2) is 8.90. The second-order valence-corrected chi connectivity index (χ2v) is 6.15. The Bertz CT molecular complexity index is 565. The van der Waals surface area contributed by atoms with Gasteiger partial charge in [0.25, 0.3) is 0 Å². The van der Waals surface area contributed by atoms with Crippen LogP contribution in [0, 0.1) is 0 Å². The molecule has 2 amide bonds. The van der Waals surface area contributed by atoms with Gasteiger partial charge < -0.3 is 36.3 Å². The van der Waals surface area contributed by atoms with Gasteiger partial charge in [-0.15, -0.1) is 0 Å². The van der Waals surface area contributed by atoms with Gasteiger partial charge in [0.2, 0.25) is 11.8 Å². The molecule has 10 nitrogen and oxygen atoms in total. The second-order valence-electron chi connectivity index (χ2n) is 6.15. The van der Waals surface area contributed by atoms with Crippen molar-refractivity contribution in [2.45, 2.75) is 56.8 Å². The SMILES string of the molecule is CC(N)C(=O)NC(Cc1cnc[nH]1)C(=O)NCC1O[C@H](O)CC[C@@H]1O. The molecule has 0 saturated carbocycles. The summed E-state index contributed by atoms with van der Waals surface area (Å²) in [5.74, 6) is -0.900. The number of hydrogen-bond acceptors (Lipinski definition) is 7. The van der Waals surface area contributed by atoms with Crippen LogP contribution in [0.5, 0.6) is 0 Å². The molecule has 10 heteroatoms. The molecule has 140 valence electrons. The topological polar surface area (TPSA) is 163 Å². The summed E-state index contributed by atoms with van der Waals surface area (Å²) in [5, 5.41) is 24.6. The number of carbonyl (C=O) groups is 2. The smallest absolute Gasteiger partial charge is 0.243 e. The number of imidazole rings is 1. The van der Waals surface area contributed by atoms with Gasteiger partial charge in [-0.2, -0.15) is 0 Å². The summed E-state index contributed by atoms with van der Waals surface area (Å²) in [6, 6.07) is -1.61. The van der Waals surface area contributed by atoms with E-state index in [1.807, 2.05) is 0 Å². The zero-order valence-electron chi connectivity index (χ0n) is 14.0. The van der Waals surface area contributed by atoms with E-state index in [1.54, 1.807) is 6.20 Å². The summed E-state index contributed by atoms with van der Waals surface area (Å²) >= 11 is 0. The minimum absolute atomic E-state index is 0.0184. The van der Waals surface area contributed by atoms with E-state index in [2.05, 4.69) is 20.6 Å². The first-order chi connectivity index (χ1) is 11.9. The van der Waals surface area contributed by atoms with Gasteiger partial charge >= 0.3 is 0 Å². The van der Waals surface area contributed by atoms with E-state index in [9.17, 15) is 19.8 Å². The van der Waals surface area contributed by atoms with Gasteiger partial charge in [0.1, 0.15) is 12.1 Å². The fourth-order valence-electron chi connectivity index (χ4n) is 2.50. The Balaban J connectivity index is 1.95. The van der Waals surface area contributed by atoms with Crippen molar-refractivity contribution >= 4 is 11.8 Å².